The average molecular weight is 331 g/mol. The first-order chi connectivity index (χ1) is 11.9. The number of aromatic nitrogens is 2. The Hall–Kier alpha value is -1.40. The van der Waals surface area contributed by atoms with Crippen LogP contribution < -0.4 is 9.80 Å². The summed E-state index contributed by atoms with van der Waals surface area (Å²) < 4.78 is 5.47. The van der Waals surface area contributed by atoms with Crippen LogP contribution in [0.5, 0.6) is 0 Å². The zero-order valence-electron chi connectivity index (χ0n) is 14.6. The zero-order valence-corrected chi connectivity index (χ0v) is 14.6. The number of ether oxygens (including phenoxy) is 1. The quantitative estimate of drug-likeness (QED) is 0.835. The van der Waals surface area contributed by atoms with Crippen LogP contribution in [0.3, 0.4) is 0 Å². The van der Waals surface area contributed by atoms with Gasteiger partial charge in [0.1, 0.15) is 18.0 Å². The van der Waals surface area contributed by atoms with Gasteiger partial charge in [-0.15, -0.1) is 0 Å². The van der Waals surface area contributed by atoms with Crippen molar-refractivity contribution >= 4 is 11.6 Å². The highest BCUT2D eigenvalue weighted by Crippen LogP contribution is 2.23. The van der Waals surface area contributed by atoms with Gasteiger partial charge in [-0.2, -0.15) is 0 Å². The van der Waals surface area contributed by atoms with Crippen molar-refractivity contribution in [1.29, 1.82) is 0 Å². The smallest absolute Gasteiger partial charge is 0.134 e. The van der Waals surface area contributed by atoms with Gasteiger partial charge in [-0.05, 0) is 31.6 Å². The first-order valence-corrected chi connectivity index (χ1v) is 9.50. The van der Waals surface area contributed by atoms with Gasteiger partial charge in [0, 0.05) is 65.1 Å². The van der Waals surface area contributed by atoms with Crippen molar-refractivity contribution < 1.29 is 4.74 Å². The van der Waals surface area contributed by atoms with E-state index in [-0.39, 0.29) is 0 Å². The normalized spacial score (nSPS) is 23.8. The van der Waals surface area contributed by atoms with Gasteiger partial charge in [0.2, 0.25) is 0 Å². The summed E-state index contributed by atoms with van der Waals surface area (Å²) in [7, 11) is 0. The maximum absolute atomic E-state index is 5.47. The molecule has 0 amide bonds. The van der Waals surface area contributed by atoms with Gasteiger partial charge >= 0.3 is 0 Å². The lowest BCUT2D eigenvalue weighted by Gasteiger charge is -2.37. The van der Waals surface area contributed by atoms with E-state index in [0.717, 1.165) is 70.0 Å². The fraction of sp³-hybridized carbons (Fsp3) is 0.778. The van der Waals surface area contributed by atoms with E-state index in [1.807, 2.05) is 0 Å². The summed E-state index contributed by atoms with van der Waals surface area (Å²) in [4.78, 5) is 16.4. The summed E-state index contributed by atoms with van der Waals surface area (Å²) in [5.41, 5.74) is 0. The van der Waals surface area contributed by atoms with Crippen molar-refractivity contribution in [2.45, 2.75) is 25.7 Å². The number of nitrogens with zero attached hydrogens (tertiary/aromatic N) is 5. The molecule has 0 aliphatic carbocycles. The second-order valence-corrected chi connectivity index (χ2v) is 7.27. The highest BCUT2D eigenvalue weighted by molar-refractivity contribution is 5.50. The third-order valence-corrected chi connectivity index (χ3v) is 5.62. The van der Waals surface area contributed by atoms with E-state index in [1.54, 1.807) is 6.33 Å². The Morgan fingerprint density at radius 3 is 2.17 bits per heavy atom. The topological polar surface area (TPSA) is 44.7 Å². The van der Waals surface area contributed by atoms with Gasteiger partial charge in [-0.25, -0.2) is 9.97 Å². The zero-order chi connectivity index (χ0) is 16.2. The van der Waals surface area contributed by atoms with Crippen LogP contribution in [0.1, 0.15) is 25.7 Å². The van der Waals surface area contributed by atoms with E-state index in [1.165, 1.54) is 32.2 Å². The highest BCUT2D eigenvalue weighted by atomic mass is 16.5. The van der Waals surface area contributed by atoms with Crippen molar-refractivity contribution in [2.75, 3.05) is 68.8 Å². The molecule has 1 aromatic heterocycles. The molecule has 0 spiro atoms. The fourth-order valence-corrected chi connectivity index (χ4v) is 4.08. The number of anilines is 2. The minimum absolute atomic E-state index is 0.825. The number of piperazine rings is 1. The van der Waals surface area contributed by atoms with Crippen molar-refractivity contribution in [3.05, 3.63) is 12.4 Å². The van der Waals surface area contributed by atoms with Crippen LogP contribution >= 0.6 is 0 Å². The van der Waals surface area contributed by atoms with Crippen molar-refractivity contribution in [1.82, 2.24) is 14.9 Å². The minimum atomic E-state index is 0.825. The molecular weight excluding hydrogens is 302 g/mol. The molecule has 6 nitrogen and oxygen atoms in total. The van der Waals surface area contributed by atoms with Crippen molar-refractivity contribution in [3.8, 4) is 0 Å². The fourth-order valence-electron chi connectivity index (χ4n) is 4.08. The molecule has 3 saturated heterocycles. The molecule has 0 aromatic carbocycles. The molecule has 1 aromatic rings. The molecule has 0 N–H and O–H groups in total. The van der Waals surface area contributed by atoms with E-state index in [0.29, 0.717) is 0 Å². The van der Waals surface area contributed by atoms with Crippen LogP contribution in [0.25, 0.3) is 0 Å². The van der Waals surface area contributed by atoms with Gasteiger partial charge in [0.15, 0.2) is 0 Å². The molecule has 132 valence electrons. The van der Waals surface area contributed by atoms with Crippen LogP contribution in [-0.4, -0.2) is 73.9 Å². The Kier molecular flexibility index (Phi) is 5.13. The Morgan fingerprint density at radius 2 is 1.50 bits per heavy atom. The molecule has 4 heterocycles. The first kappa shape index (κ1) is 16.1. The third kappa shape index (κ3) is 3.81. The first-order valence-electron chi connectivity index (χ1n) is 9.50. The minimum Gasteiger partial charge on any atom is -0.381 e. The van der Waals surface area contributed by atoms with Crippen LogP contribution in [0.4, 0.5) is 11.6 Å². The average Bonchev–Trinajstić information content (AvgIpc) is 3.18. The molecule has 0 unspecified atom stereocenters. The van der Waals surface area contributed by atoms with Gasteiger partial charge in [-0.3, -0.25) is 4.90 Å². The van der Waals surface area contributed by atoms with Gasteiger partial charge in [0.25, 0.3) is 0 Å². The monoisotopic (exact) mass is 331 g/mol. The highest BCUT2D eigenvalue weighted by Gasteiger charge is 2.23. The summed E-state index contributed by atoms with van der Waals surface area (Å²) in [6.45, 7) is 9.82. The standard InChI is InChI=1S/C18H29N5O/c1-2-6-22(5-1)17-13-18(20-15-19-17)23-9-7-21(8-10-23)14-16-3-11-24-12-4-16/h13,15-16H,1-12,14H2. The molecule has 0 radical (unpaired) electrons. The molecule has 6 heteroatoms. The Labute approximate surface area is 144 Å². The maximum Gasteiger partial charge on any atom is 0.134 e. The van der Waals surface area contributed by atoms with Crippen LogP contribution in [0, 0.1) is 5.92 Å². The molecule has 3 aliphatic heterocycles. The van der Waals surface area contributed by atoms with Gasteiger partial charge in [0.05, 0.1) is 0 Å². The molecule has 0 bridgehead atoms. The van der Waals surface area contributed by atoms with Crippen molar-refractivity contribution in [3.63, 3.8) is 0 Å². The second kappa shape index (κ2) is 7.66. The largest absolute Gasteiger partial charge is 0.381 e. The van der Waals surface area contributed by atoms with E-state index in [4.69, 9.17) is 4.74 Å². The lowest BCUT2D eigenvalue weighted by atomic mass is 9.99. The molecule has 3 fully saturated rings. The van der Waals surface area contributed by atoms with E-state index in [9.17, 15) is 0 Å². The van der Waals surface area contributed by atoms with E-state index < -0.39 is 0 Å². The molecule has 24 heavy (non-hydrogen) atoms. The number of hydrogen-bond acceptors (Lipinski definition) is 6. The molecule has 4 rings (SSSR count). The number of hydrogen-bond donors (Lipinski definition) is 0. The van der Waals surface area contributed by atoms with Crippen LogP contribution in [0.15, 0.2) is 12.4 Å². The van der Waals surface area contributed by atoms with Crippen LogP contribution in [-0.2, 0) is 4.74 Å². The Bertz CT molecular complexity index is 520. The maximum atomic E-state index is 5.47. The SMILES string of the molecule is c1nc(N2CCCC2)cc(N2CCN(CC3CCOCC3)CC2)n1. The Balaban J connectivity index is 1.31. The van der Waals surface area contributed by atoms with E-state index >= 15 is 0 Å². The summed E-state index contributed by atoms with van der Waals surface area (Å²) >= 11 is 0. The molecule has 0 atom stereocenters. The predicted molar refractivity (Wildman–Crippen MR) is 95.7 cm³/mol. The third-order valence-electron chi connectivity index (χ3n) is 5.62. The summed E-state index contributed by atoms with van der Waals surface area (Å²) in [5.74, 6) is 3.02. The summed E-state index contributed by atoms with van der Waals surface area (Å²) in [6, 6.07) is 2.18. The summed E-state index contributed by atoms with van der Waals surface area (Å²) in [5, 5.41) is 0. The van der Waals surface area contributed by atoms with Gasteiger partial charge in [-0.1, -0.05) is 0 Å². The number of rotatable bonds is 4. The lowest BCUT2D eigenvalue weighted by Crippen LogP contribution is -2.48. The molecule has 0 saturated carbocycles. The lowest BCUT2D eigenvalue weighted by molar-refractivity contribution is 0.0517. The van der Waals surface area contributed by atoms with Gasteiger partial charge < -0.3 is 14.5 Å². The molecule has 3 aliphatic rings. The van der Waals surface area contributed by atoms with E-state index in [2.05, 4.69) is 30.7 Å². The second-order valence-electron chi connectivity index (χ2n) is 7.27. The Morgan fingerprint density at radius 1 is 0.875 bits per heavy atom. The van der Waals surface area contributed by atoms with Crippen molar-refractivity contribution in [2.24, 2.45) is 5.92 Å². The summed E-state index contributed by atoms with van der Waals surface area (Å²) in [6.07, 6.45) is 6.75. The predicted octanol–water partition coefficient (Wildman–Crippen LogP) is 1.63. The molecular formula is C18H29N5O. The van der Waals surface area contributed by atoms with Crippen LogP contribution in [0.2, 0.25) is 0 Å².